The summed E-state index contributed by atoms with van der Waals surface area (Å²) in [6.45, 7) is 1.79. The number of aliphatic carboxylic acids is 1. The lowest BCUT2D eigenvalue weighted by Crippen LogP contribution is -2.37. The second kappa shape index (κ2) is 8.03. The molecule has 0 aliphatic carbocycles. The van der Waals surface area contributed by atoms with Crippen LogP contribution in [0.4, 0.5) is 0 Å². The number of carboxylic acids is 1. The molecule has 1 aromatic heterocycles. The lowest BCUT2D eigenvalue weighted by molar-refractivity contribution is -0.137. The highest BCUT2D eigenvalue weighted by Gasteiger charge is 2.16. The molecule has 1 amide bonds. The highest BCUT2D eigenvalue weighted by atomic mass is 16.4. The van der Waals surface area contributed by atoms with Gasteiger partial charge in [-0.25, -0.2) is 4.98 Å². The van der Waals surface area contributed by atoms with Crippen LogP contribution in [0, 0.1) is 6.92 Å². The minimum Gasteiger partial charge on any atom is -0.481 e. The molecule has 2 rings (SSSR count). The summed E-state index contributed by atoms with van der Waals surface area (Å²) in [6.07, 6.45) is 3.87. The first-order valence-corrected chi connectivity index (χ1v) is 7.40. The van der Waals surface area contributed by atoms with Crippen LogP contribution in [0.2, 0.25) is 0 Å². The predicted octanol–water partition coefficient (Wildman–Crippen LogP) is 1.99. The fourth-order valence-corrected chi connectivity index (χ4v) is 2.19. The van der Waals surface area contributed by atoms with Crippen LogP contribution in [0.15, 0.2) is 42.7 Å². The molecule has 0 saturated heterocycles. The van der Waals surface area contributed by atoms with Crippen molar-refractivity contribution in [3.05, 3.63) is 59.7 Å². The zero-order valence-corrected chi connectivity index (χ0v) is 12.9. The Morgan fingerprint density at radius 2 is 1.91 bits per heavy atom. The van der Waals surface area contributed by atoms with Crippen LogP contribution in [0.1, 0.15) is 34.6 Å². The minimum absolute atomic E-state index is 0.00262. The van der Waals surface area contributed by atoms with Crippen LogP contribution >= 0.6 is 0 Å². The summed E-state index contributed by atoms with van der Waals surface area (Å²) in [5.74, 6) is -1.23. The topological polar surface area (TPSA) is 92.2 Å². The van der Waals surface area contributed by atoms with Crippen molar-refractivity contribution in [2.45, 2.75) is 32.2 Å². The van der Waals surface area contributed by atoms with Gasteiger partial charge in [-0.1, -0.05) is 30.3 Å². The largest absolute Gasteiger partial charge is 0.481 e. The zero-order chi connectivity index (χ0) is 16.7. The molecule has 0 aliphatic rings. The number of benzene rings is 1. The fraction of sp³-hybridized carbons (Fsp3) is 0.294. The van der Waals surface area contributed by atoms with Gasteiger partial charge in [-0.05, 0) is 25.3 Å². The third-order valence-electron chi connectivity index (χ3n) is 3.38. The lowest BCUT2D eigenvalue weighted by Gasteiger charge is -2.18. The van der Waals surface area contributed by atoms with Crippen molar-refractivity contribution in [3.63, 3.8) is 0 Å². The number of hydrogen-bond acceptors (Lipinski definition) is 4. The van der Waals surface area contributed by atoms with Gasteiger partial charge in [0.05, 0.1) is 11.9 Å². The second-order valence-corrected chi connectivity index (χ2v) is 5.34. The number of carbonyl (C=O) groups is 2. The maximum atomic E-state index is 12.2. The van der Waals surface area contributed by atoms with Gasteiger partial charge in [0.2, 0.25) is 0 Å². The zero-order valence-electron chi connectivity index (χ0n) is 12.9. The molecule has 120 valence electrons. The average Bonchev–Trinajstić information content (AvgIpc) is 2.54. The van der Waals surface area contributed by atoms with Crippen molar-refractivity contribution in [2.24, 2.45) is 0 Å². The van der Waals surface area contributed by atoms with Crippen molar-refractivity contribution in [2.75, 3.05) is 0 Å². The van der Waals surface area contributed by atoms with E-state index in [-0.39, 0.29) is 24.1 Å². The van der Waals surface area contributed by atoms with Gasteiger partial charge in [-0.2, -0.15) is 0 Å². The Balaban J connectivity index is 2.05. The predicted molar refractivity (Wildman–Crippen MR) is 85.0 cm³/mol. The van der Waals surface area contributed by atoms with Gasteiger partial charge in [0, 0.05) is 18.7 Å². The summed E-state index contributed by atoms with van der Waals surface area (Å²) in [5, 5.41) is 11.7. The summed E-state index contributed by atoms with van der Waals surface area (Å²) in [4.78, 5) is 31.1. The first kappa shape index (κ1) is 16.6. The van der Waals surface area contributed by atoms with Crippen molar-refractivity contribution < 1.29 is 14.7 Å². The standard InChI is InChI=1S/C17H19N3O3/c1-12-10-19-15(11-18-12)17(23)20-14(7-8-16(21)22)9-13-5-3-2-4-6-13/h2-6,10-11,14H,7-9H2,1H3,(H,20,23)(H,21,22). The van der Waals surface area contributed by atoms with Crippen LogP contribution < -0.4 is 5.32 Å². The first-order chi connectivity index (χ1) is 11.0. The summed E-state index contributed by atoms with van der Waals surface area (Å²) in [5.41, 5.74) is 2.00. The summed E-state index contributed by atoms with van der Waals surface area (Å²) >= 11 is 0. The molecule has 0 fully saturated rings. The number of carbonyl (C=O) groups excluding carboxylic acids is 1. The maximum absolute atomic E-state index is 12.2. The number of nitrogens with zero attached hydrogens (tertiary/aromatic N) is 2. The number of nitrogens with one attached hydrogen (secondary N) is 1. The average molecular weight is 313 g/mol. The second-order valence-electron chi connectivity index (χ2n) is 5.34. The molecule has 0 radical (unpaired) electrons. The van der Waals surface area contributed by atoms with Crippen molar-refractivity contribution in [1.29, 1.82) is 0 Å². The molecule has 1 unspecified atom stereocenters. The van der Waals surface area contributed by atoms with E-state index in [9.17, 15) is 9.59 Å². The van der Waals surface area contributed by atoms with Crippen LogP contribution in [-0.2, 0) is 11.2 Å². The Hall–Kier alpha value is -2.76. The van der Waals surface area contributed by atoms with Gasteiger partial charge in [-0.15, -0.1) is 0 Å². The third-order valence-corrected chi connectivity index (χ3v) is 3.38. The van der Waals surface area contributed by atoms with E-state index in [2.05, 4.69) is 15.3 Å². The molecule has 2 aromatic rings. The van der Waals surface area contributed by atoms with Gasteiger partial charge in [0.15, 0.2) is 0 Å². The number of rotatable bonds is 7. The van der Waals surface area contributed by atoms with E-state index in [0.29, 0.717) is 12.8 Å². The van der Waals surface area contributed by atoms with Crippen LogP contribution in [0.5, 0.6) is 0 Å². The third kappa shape index (κ3) is 5.50. The summed E-state index contributed by atoms with van der Waals surface area (Å²) < 4.78 is 0. The van der Waals surface area contributed by atoms with Crippen LogP contribution in [0.3, 0.4) is 0 Å². The number of amides is 1. The van der Waals surface area contributed by atoms with E-state index in [0.717, 1.165) is 11.3 Å². The highest BCUT2D eigenvalue weighted by molar-refractivity contribution is 5.92. The van der Waals surface area contributed by atoms with E-state index >= 15 is 0 Å². The molecule has 0 saturated carbocycles. The Labute approximate surface area is 134 Å². The molecule has 1 heterocycles. The molecule has 0 spiro atoms. The smallest absolute Gasteiger partial charge is 0.303 e. The van der Waals surface area contributed by atoms with Crippen molar-refractivity contribution in [1.82, 2.24) is 15.3 Å². The van der Waals surface area contributed by atoms with Gasteiger partial charge in [-0.3, -0.25) is 14.6 Å². The van der Waals surface area contributed by atoms with Crippen LogP contribution in [0.25, 0.3) is 0 Å². The van der Waals surface area contributed by atoms with Gasteiger partial charge in [0.1, 0.15) is 5.69 Å². The molecule has 2 N–H and O–H groups in total. The molecule has 0 aliphatic heterocycles. The molecule has 0 bridgehead atoms. The number of carboxylic acid groups (broad SMARTS) is 1. The lowest BCUT2D eigenvalue weighted by atomic mass is 10.0. The molecule has 23 heavy (non-hydrogen) atoms. The first-order valence-electron chi connectivity index (χ1n) is 7.40. The molecular formula is C17H19N3O3. The van der Waals surface area contributed by atoms with E-state index < -0.39 is 5.97 Å². The van der Waals surface area contributed by atoms with Gasteiger partial charge >= 0.3 is 5.97 Å². The highest BCUT2D eigenvalue weighted by Crippen LogP contribution is 2.09. The number of hydrogen-bond donors (Lipinski definition) is 2. The summed E-state index contributed by atoms with van der Waals surface area (Å²) in [6, 6.07) is 9.37. The number of aromatic nitrogens is 2. The van der Waals surface area contributed by atoms with E-state index in [1.165, 1.54) is 12.4 Å². The van der Waals surface area contributed by atoms with E-state index in [4.69, 9.17) is 5.11 Å². The van der Waals surface area contributed by atoms with E-state index in [1.54, 1.807) is 6.92 Å². The molecule has 1 atom stereocenters. The Morgan fingerprint density at radius 1 is 1.17 bits per heavy atom. The minimum atomic E-state index is -0.882. The Bertz CT molecular complexity index is 657. The fourth-order valence-electron chi connectivity index (χ4n) is 2.19. The summed E-state index contributed by atoms with van der Waals surface area (Å²) in [7, 11) is 0. The maximum Gasteiger partial charge on any atom is 0.303 e. The number of aryl methyl sites for hydroxylation is 1. The van der Waals surface area contributed by atoms with E-state index in [1.807, 2.05) is 30.3 Å². The van der Waals surface area contributed by atoms with Gasteiger partial charge in [0.25, 0.3) is 5.91 Å². The van der Waals surface area contributed by atoms with Crippen molar-refractivity contribution in [3.8, 4) is 0 Å². The van der Waals surface area contributed by atoms with Gasteiger partial charge < -0.3 is 10.4 Å². The van der Waals surface area contributed by atoms with Crippen molar-refractivity contribution >= 4 is 11.9 Å². The quantitative estimate of drug-likeness (QED) is 0.815. The monoisotopic (exact) mass is 313 g/mol. The van der Waals surface area contributed by atoms with Crippen LogP contribution in [-0.4, -0.2) is 33.0 Å². The molecule has 6 heteroatoms. The normalized spacial score (nSPS) is 11.7. The SMILES string of the molecule is Cc1cnc(C(=O)NC(CCC(=O)O)Cc2ccccc2)cn1. The molecule has 6 nitrogen and oxygen atoms in total. The Kier molecular flexibility index (Phi) is 5.80. The molecular weight excluding hydrogens is 294 g/mol. The molecule has 1 aromatic carbocycles. The Morgan fingerprint density at radius 3 is 2.52 bits per heavy atom.